The van der Waals surface area contributed by atoms with Gasteiger partial charge in [-0.15, -0.1) is 37.2 Å². The molecule has 0 spiro atoms. The van der Waals surface area contributed by atoms with Crippen LogP contribution in [0.1, 0.15) is 26.2 Å². The number of likely N-dealkylation sites (tertiary alicyclic amines) is 1. The van der Waals surface area contributed by atoms with Crippen LogP contribution in [0.5, 0.6) is 5.75 Å². The number of rotatable bonds is 5. The van der Waals surface area contributed by atoms with Gasteiger partial charge < -0.3 is 9.64 Å². The molecule has 1 saturated heterocycles. The van der Waals surface area contributed by atoms with Crippen molar-refractivity contribution in [2.45, 2.75) is 26.2 Å². The number of hydrogen-bond donors (Lipinski definition) is 0. The van der Waals surface area contributed by atoms with Crippen LogP contribution < -0.4 is 4.74 Å². The van der Waals surface area contributed by atoms with E-state index in [1.165, 1.54) is 25.9 Å². The molecule has 0 unspecified atom stereocenters. The van der Waals surface area contributed by atoms with E-state index in [2.05, 4.69) is 11.8 Å². The molecule has 1 aliphatic heterocycles. The van der Waals surface area contributed by atoms with Crippen LogP contribution in [0.25, 0.3) is 0 Å². The Hall–Kier alpha value is 0.140. The van der Waals surface area contributed by atoms with Gasteiger partial charge in [0, 0.05) is 11.6 Å². The Morgan fingerprint density at radius 1 is 1.10 bits per heavy atom. The normalized spacial score (nSPS) is 15.3. The fourth-order valence-corrected chi connectivity index (χ4v) is 2.42. The molecule has 0 aliphatic carbocycles. The Labute approximate surface area is 151 Å². The number of halogens is 4. The highest BCUT2D eigenvalue weighted by molar-refractivity contribution is 6.30. The number of ether oxygens (including phenoxy) is 1. The Balaban J connectivity index is 0. The maximum absolute atomic E-state index is 5.82. The zero-order valence-electron chi connectivity index (χ0n) is 12.3. The van der Waals surface area contributed by atoms with Gasteiger partial charge in [0.2, 0.25) is 0 Å². The molecule has 0 radical (unpaired) electrons. The highest BCUT2D eigenvalue weighted by Crippen LogP contribution is 2.17. The van der Waals surface area contributed by atoms with Crippen molar-refractivity contribution in [3.8, 4) is 5.75 Å². The van der Waals surface area contributed by atoms with Crippen molar-refractivity contribution >= 4 is 48.8 Å². The second kappa shape index (κ2) is 12.7. The molecule has 21 heavy (non-hydrogen) atoms. The van der Waals surface area contributed by atoms with Crippen molar-refractivity contribution in [3.63, 3.8) is 0 Å². The molecule has 0 amide bonds. The summed E-state index contributed by atoms with van der Waals surface area (Å²) in [6.07, 6.45) is 3.78. The average molecular weight is 377 g/mol. The summed E-state index contributed by atoms with van der Waals surface area (Å²) >= 11 is 5.82. The minimum atomic E-state index is 0. The summed E-state index contributed by atoms with van der Waals surface area (Å²) in [5, 5.41) is 0.754. The predicted molar refractivity (Wildman–Crippen MR) is 98.1 cm³/mol. The number of hydrogen-bond acceptors (Lipinski definition) is 2. The lowest BCUT2D eigenvalue weighted by Gasteiger charge is -2.30. The van der Waals surface area contributed by atoms with Gasteiger partial charge in [-0.2, -0.15) is 0 Å². The minimum absolute atomic E-state index is 0. The first kappa shape index (κ1) is 23.4. The smallest absolute Gasteiger partial charge is 0.119 e. The van der Waals surface area contributed by atoms with Crippen molar-refractivity contribution in [1.29, 1.82) is 0 Å². The first-order valence-corrected chi connectivity index (χ1v) is 7.22. The van der Waals surface area contributed by atoms with Gasteiger partial charge in [-0.25, -0.2) is 0 Å². The first-order valence-electron chi connectivity index (χ1n) is 6.85. The van der Waals surface area contributed by atoms with Crippen LogP contribution in [0.4, 0.5) is 0 Å². The van der Waals surface area contributed by atoms with Crippen LogP contribution in [-0.4, -0.2) is 31.1 Å². The molecule has 0 bridgehead atoms. The van der Waals surface area contributed by atoms with Gasteiger partial charge in [0.25, 0.3) is 0 Å². The molecule has 1 aromatic rings. The Kier molecular flexibility index (Phi) is 14.1. The third kappa shape index (κ3) is 9.00. The van der Waals surface area contributed by atoms with E-state index in [0.29, 0.717) is 0 Å². The summed E-state index contributed by atoms with van der Waals surface area (Å²) in [4.78, 5) is 2.55. The summed E-state index contributed by atoms with van der Waals surface area (Å²) in [5.41, 5.74) is 0. The van der Waals surface area contributed by atoms with E-state index >= 15 is 0 Å². The second-order valence-electron chi connectivity index (χ2n) is 5.18. The van der Waals surface area contributed by atoms with E-state index < -0.39 is 0 Å². The Morgan fingerprint density at radius 2 is 1.67 bits per heavy atom. The Bertz CT molecular complexity index is 353. The van der Waals surface area contributed by atoms with E-state index in [1.807, 2.05) is 24.3 Å². The van der Waals surface area contributed by atoms with Crippen LogP contribution in [-0.2, 0) is 0 Å². The second-order valence-corrected chi connectivity index (χ2v) is 5.62. The molecular formula is C15H25Cl4NO. The first-order chi connectivity index (χ1) is 8.74. The molecule has 1 fully saturated rings. The summed E-state index contributed by atoms with van der Waals surface area (Å²) in [6.45, 7) is 6.79. The highest BCUT2D eigenvalue weighted by Gasteiger charge is 2.14. The topological polar surface area (TPSA) is 12.5 Å². The minimum Gasteiger partial charge on any atom is -0.494 e. The molecule has 0 atom stereocenters. The summed E-state index contributed by atoms with van der Waals surface area (Å²) < 4.78 is 5.69. The molecule has 2 rings (SSSR count). The fraction of sp³-hybridized carbons (Fsp3) is 0.600. The summed E-state index contributed by atoms with van der Waals surface area (Å²) in [6, 6.07) is 7.57. The lowest BCUT2D eigenvalue weighted by Crippen LogP contribution is -2.34. The van der Waals surface area contributed by atoms with Crippen molar-refractivity contribution in [1.82, 2.24) is 4.90 Å². The third-order valence-electron chi connectivity index (χ3n) is 3.58. The van der Waals surface area contributed by atoms with Crippen LogP contribution in [0.2, 0.25) is 5.02 Å². The van der Waals surface area contributed by atoms with Gasteiger partial charge in [-0.05, 0) is 62.5 Å². The molecule has 0 saturated carbocycles. The number of piperidine rings is 1. The van der Waals surface area contributed by atoms with E-state index in [-0.39, 0.29) is 37.2 Å². The maximum atomic E-state index is 5.82. The lowest BCUT2D eigenvalue weighted by molar-refractivity contribution is 0.177. The molecule has 1 aliphatic rings. The quantitative estimate of drug-likeness (QED) is 0.662. The van der Waals surface area contributed by atoms with Gasteiger partial charge in [0.05, 0.1) is 6.61 Å². The van der Waals surface area contributed by atoms with E-state index in [4.69, 9.17) is 16.3 Å². The van der Waals surface area contributed by atoms with E-state index in [0.717, 1.165) is 36.3 Å². The zero-order chi connectivity index (χ0) is 12.8. The van der Waals surface area contributed by atoms with Crippen LogP contribution in [0.3, 0.4) is 0 Å². The molecule has 1 heterocycles. The molecule has 6 heteroatoms. The van der Waals surface area contributed by atoms with Gasteiger partial charge >= 0.3 is 0 Å². The molecule has 0 aromatic heterocycles. The maximum Gasteiger partial charge on any atom is 0.119 e. The monoisotopic (exact) mass is 375 g/mol. The molecule has 2 nitrogen and oxygen atoms in total. The summed E-state index contributed by atoms with van der Waals surface area (Å²) in [7, 11) is 0. The van der Waals surface area contributed by atoms with Crippen molar-refractivity contribution in [2.75, 3.05) is 26.2 Å². The van der Waals surface area contributed by atoms with E-state index in [1.54, 1.807) is 0 Å². The summed E-state index contributed by atoms with van der Waals surface area (Å²) in [5.74, 6) is 1.82. The predicted octanol–water partition coefficient (Wildman–Crippen LogP) is 5.11. The average Bonchev–Trinajstić information content (AvgIpc) is 2.39. The lowest BCUT2D eigenvalue weighted by atomic mass is 9.99. The van der Waals surface area contributed by atoms with Crippen molar-refractivity contribution < 1.29 is 4.74 Å². The SMILES string of the molecule is CC1CCN(CCCOc2ccc(Cl)cc2)CC1.Cl.Cl.Cl. The largest absolute Gasteiger partial charge is 0.494 e. The van der Waals surface area contributed by atoms with Gasteiger partial charge in [-0.1, -0.05) is 18.5 Å². The van der Waals surface area contributed by atoms with Crippen LogP contribution in [0, 0.1) is 5.92 Å². The zero-order valence-corrected chi connectivity index (χ0v) is 15.5. The van der Waals surface area contributed by atoms with Gasteiger partial charge in [-0.3, -0.25) is 0 Å². The molecule has 124 valence electrons. The number of benzene rings is 1. The molecule has 1 aromatic carbocycles. The van der Waals surface area contributed by atoms with E-state index in [9.17, 15) is 0 Å². The van der Waals surface area contributed by atoms with Crippen LogP contribution >= 0.6 is 48.8 Å². The fourth-order valence-electron chi connectivity index (χ4n) is 2.29. The standard InChI is InChI=1S/C15H22ClNO.3ClH/c1-13-7-10-17(11-8-13)9-2-12-18-15-5-3-14(16)4-6-15;;;/h3-6,13H,2,7-12H2,1H3;3*1H. The van der Waals surface area contributed by atoms with Gasteiger partial charge in [0.1, 0.15) is 5.75 Å². The molecular weight excluding hydrogens is 352 g/mol. The highest BCUT2D eigenvalue weighted by atomic mass is 35.5. The third-order valence-corrected chi connectivity index (χ3v) is 3.83. The molecule has 0 N–H and O–H groups in total. The van der Waals surface area contributed by atoms with Crippen LogP contribution in [0.15, 0.2) is 24.3 Å². The van der Waals surface area contributed by atoms with Crippen molar-refractivity contribution in [2.24, 2.45) is 5.92 Å². The Morgan fingerprint density at radius 3 is 2.24 bits per heavy atom. The van der Waals surface area contributed by atoms with Gasteiger partial charge in [0.15, 0.2) is 0 Å². The number of nitrogens with zero attached hydrogens (tertiary/aromatic N) is 1. The van der Waals surface area contributed by atoms with Crippen molar-refractivity contribution in [3.05, 3.63) is 29.3 Å².